The van der Waals surface area contributed by atoms with Gasteiger partial charge in [-0.15, -0.1) is 0 Å². The monoisotopic (exact) mass is 265 g/mol. The SMILES string of the molecule is COC.O=Cc1ncc(Cl)cc1Br. The first-order chi connectivity index (χ1) is 6.15. The number of aromatic nitrogens is 1. The van der Waals surface area contributed by atoms with Crippen molar-refractivity contribution >= 4 is 33.8 Å². The molecule has 0 N–H and O–H groups in total. The van der Waals surface area contributed by atoms with E-state index in [4.69, 9.17) is 11.6 Å². The Balaban J connectivity index is 0.000000424. The van der Waals surface area contributed by atoms with E-state index < -0.39 is 0 Å². The molecule has 1 aromatic rings. The van der Waals surface area contributed by atoms with E-state index in [2.05, 4.69) is 25.7 Å². The van der Waals surface area contributed by atoms with Crippen LogP contribution in [0.5, 0.6) is 0 Å². The number of hydrogen-bond donors (Lipinski definition) is 0. The van der Waals surface area contributed by atoms with Gasteiger partial charge in [0.25, 0.3) is 0 Å². The summed E-state index contributed by atoms with van der Waals surface area (Å²) in [6.45, 7) is 0. The van der Waals surface area contributed by atoms with Gasteiger partial charge in [-0.05, 0) is 22.0 Å². The molecule has 13 heavy (non-hydrogen) atoms. The lowest BCUT2D eigenvalue weighted by Crippen LogP contribution is -1.86. The summed E-state index contributed by atoms with van der Waals surface area (Å²) in [7, 11) is 3.25. The third kappa shape index (κ3) is 4.98. The third-order valence-electron chi connectivity index (χ3n) is 0.948. The summed E-state index contributed by atoms with van der Waals surface area (Å²) >= 11 is 8.69. The highest BCUT2D eigenvalue weighted by Crippen LogP contribution is 2.17. The van der Waals surface area contributed by atoms with Crippen LogP contribution in [0, 0.1) is 0 Å². The van der Waals surface area contributed by atoms with Gasteiger partial charge in [0, 0.05) is 24.9 Å². The Hall–Kier alpha value is -0.450. The van der Waals surface area contributed by atoms with Gasteiger partial charge in [-0.25, -0.2) is 0 Å². The van der Waals surface area contributed by atoms with Crippen molar-refractivity contribution in [2.24, 2.45) is 0 Å². The minimum atomic E-state index is 0.365. The zero-order chi connectivity index (χ0) is 10.3. The molecule has 1 rings (SSSR count). The van der Waals surface area contributed by atoms with Crippen LogP contribution in [-0.2, 0) is 4.74 Å². The van der Waals surface area contributed by atoms with E-state index in [9.17, 15) is 4.79 Å². The Morgan fingerprint density at radius 2 is 2.15 bits per heavy atom. The fourth-order valence-electron chi connectivity index (χ4n) is 0.512. The predicted molar refractivity (Wildman–Crippen MR) is 55.3 cm³/mol. The van der Waals surface area contributed by atoms with E-state index in [1.54, 1.807) is 20.3 Å². The molecule has 1 heterocycles. The van der Waals surface area contributed by atoms with E-state index in [1.165, 1.54) is 6.20 Å². The highest BCUT2D eigenvalue weighted by atomic mass is 79.9. The number of hydrogen-bond acceptors (Lipinski definition) is 3. The van der Waals surface area contributed by atoms with Gasteiger partial charge in [-0.3, -0.25) is 9.78 Å². The number of halogens is 2. The molecule has 0 spiro atoms. The quantitative estimate of drug-likeness (QED) is 0.733. The van der Waals surface area contributed by atoms with Crippen LogP contribution in [-0.4, -0.2) is 25.5 Å². The smallest absolute Gasteiger partial charge is 0.169 e. The summed E-state index contributed by atoms with van der Waals surface area (Å²) in [5.74, 6) is 0. The highest BCUT2D eigenvalue weighted by Gasteiger charge is 1.98. The second-order valence-corrected chi connectivity index (χ2v) is 3.34. The second kappa shape index (κ2) is 7.00. The first kappa shape index (κ1) is 12.6. The van der Waals surface area contributed by atoms with Crippen LogP contribution >= 0.6 is 27.5 Å². The fourth-order valence-corrected chi connectivity index (χ4v) is 1.24. The maximum atomic E-state index is 10.2. The number of carbonyl (C=O) groups excluding carboxylic acids is 1. The van der Waals surface area contributed by atoms with Gasteiger partial charge < -0.3 is 4.74 Å². The highest BCUT2D eigenvalue weighted by molar-refractivity contribution is 9.10. The Morgan fingerprint density at radius 3 is 2.54 bits per heavy atom. The molecule has 0 radical (unpaired) electrons. The van der Waals surface area contributed by atoms with Crippen molar-refractivity contribution in [3.8, 4) is 0 Å². The molecule has 0 saturated carbocycles. The van der Waals surface area contributed by atoms with Gasteiger partial charge in [0.15, 0.2) is 6.29 Å². The first-order valence-electron chi connectivity index (χ1n) is 3.32. The number of carbonyl (C=O) groups is 1. The van der Waals surface area contributed by atoms with Crippen LogP contribution in [0.2, 0.25) is 5.02 Å². The molecular weight excluding hydrogens is 257 g/mol. The van der Waals surface area contributed by atoms with E-state index in [-0.39, 0.29) is 0 Å². The molecule has 0 amide bonds. The largest absolute Gasteiger partial charge is 0.388 e. The lowest BCUT2D eigenvalue weighted by Gasteiger charge is -1.93. The lowest BCUT2D eigenvalue weighted by atomic mass is 10.4. The molecule has 5 heteroatoms. The molecule has 0 aliphatic heterocycles. The van der Waals surface area contributed by atoms with Crippen molar-refractivity contribution in [3.63, 3.8) is 0 Å². The van der Waals surface area contributed by atoms with E-state index in [0.29, 0.717) is 21.5 Å². The normalized spacial score (nSPS) is 8.62. The lowest BCUT2D eigenvalue weighted by molar-refractivity contribution is 0.111. The van der Waals surface area contributed by atoms with Gasteiger partial charge in [-0.2, -0.15) is 0 Å². The molecule has 0 bridgehead atoms. The van der Waals surface area contributed by atoms with Crippen molar-refractivity contribution < 1.29 is 9.53 Å². The molecular formula is C8H9BrClNO2. The molecule has 0 atom stereocenters. The minimum Gasteiger partial charge on any atom is -0.388 e. The van der Waals surface area contributed by atoms with Crippen molar-refractivity contribution in [1.29, 1.82) is 0 Å². The molecule has 0 unspecified atom stereocenters. The summed E-state index contributed by atoms with van der Waals surface area (Å²) in [6, 6.07) is 1.62. The van der Waals surface area contributed by atoms with Crippen LogP contribution < -0.4 is 0 Å². The number of pyridine rings is 1. The Kier molecular flexibility index (Phi) is 6.76. The third-order valence-corrected chi connectivity index (χ3v) is 1.79. The van der Waals surface area contributed by atoms with Gasteiger partial charge in [-0.1, -0.05) is 11.6 Å². The molecule has 0 fully saturated rings. The van der Waals surface area contributed by atoms with E-state index >= 15 is 0 Å². The maximum Gasteiger partial charge on any atom is 0.169 e. The summed E-state index contributed by atoms with van der Waals surface area (Å²) in [6.07, 6.45) is 2.09. The summed E-state index contributed by atoms with van der Waals surface area (Å²) in [5.41, 5.74) is 0.365. The standard InChI is InChI=1S/C6H3BrClNO.C2H6O/c7-5-1-4(8)2-9-6(5)3-10;1-3-2/h1-3H;1-2H3. The van der Waals surface area contributed by atoms with Gasteiger partial charge in [0.05, 0.1) is 5.02 Å². The molecule has 0 saturated heterocycles. The molecule has 72 valence electrons. The molecule has 3 nitrogen and oxygen atoms in total. The molecule has 0 aliphatic carbocycles. The van der Waals surface area contributed by atoms with Crippen LogP contribution in [0.1, 0.15) is 10.5 Å². The zero-order valence-electron chi connectivity index (χ0n) is 7.25. The Labute approximate surface area is 90.2 Å². The van der Waals surface area contributed by atoms with Crippen LogP contribution in [0.15, 0.2) is 16.7 Å². The molecule has 0 aliphatic rings. The second-order valence-electron chi connectivity index (χ2n) is 2.05. The number of nitrogens with zero attached hydrogens (tertiary/aromatic N) is 1. The van der Waals surface area contributed by atoms with Crippen molar-refractivity contribution in [3.05, 3.63) is 27.5 Å². The topological polar surface area (TPSA) is 39.2 Å². The average Bonchev–Trinajstić information content (AvgIpc) is 2.06. The van der Waals surface area contributed by atoms with Gasteiger partial charge in [0.1, 0.15) is 5.69 Å². The maximum absolute atomic E-state index is 10.2. The van der Waals surface area contributed by atoms with Crippen molar-refractivity contribution in [2.45, 2.75) is 0 Å². The van der Waals surface area contributed by atoms with Crippen LogP contribution in [0.4, 0.5) is 0 Å². The van der Waals surface area contributed by atoms with Gasteiger partial charge in [0.2, 0.25) is 0 Å². The number of aldehydes is 1. The fraction of sp³-hybridized carbons (Fsp3) is 0.250. The van der Waals surface area contributed by atoms with Crippen molar-refractivity contribution in [2.75, 3.05) is 14.2 Å². The minimum absolute atomic E-state index is 0.365. The first-order valence-corrected chi connectivity index (χ1v) is 4.49. The van der Waals surface area contributed by atoms with Gasteiger partial charge >= 0.3 is 0 Å². The number of methoxy groups -OCH3 is 1. The summed E-state index contributed by atoms with van der Waals surface area (Å²) in [5, 5.41) is 0.512. The number of rotatable bonds is 1. The molecule has 0 aromatic carbocycles. The Bertz CT molecular complexity index is 281. The average molecular weight is 267 g/mol. The number of ether oxygens (including phenoxy) is 1. The molecule has 1 aromatic heterocycles. The van der Waals surface area contributed by atoms with E-state index in [1.807, 2.05) is 0 Å². The van der Waals surface area contributed by atoms with Crippen LogP contribution in [0.3, 0.4) is 0 Å². The van der Waals surface area contributed by atoms with Crippen molar-refractivity contribution in [1.82, 2.24) is 4.98 Å². The predicted octanol–water partition coefficient (Wildman–Crippen LogP) is 2.57. The van der Waals surface area contributed by atoms with E-state index in [0.717, 1.165) is 0 Å². The summed E-state index contributed by atoms with van der Waals surface area (Å²) < 4.78 is 4.87. The van der Waals surface area contributed by atoms with Crippen LogP contribution in [0.25, 0.3) is 0 Å². The zero-order valence-corrected chi connectivity index (χ0v) is 9.59. The summed E-state index contributed by atoms with van der Waals surface area (Å²) in [4.78, 5) is 14.0. The Morgan fingerprint density at radius 1 is 1.62 bits per heavy atom.